The maximum atomic E-state index is 11.7. The minimum absolute atomic E-state index is 0.124. The molecule has 1 aromatic heterocycles. The summed E-state index contributed by atoms with van der Waals surface area (Å²) in [7, 11) is 1.80. The van der Waals surface area contributed by atoms with Crippen molar-refractivity contribution in [3.8, 4) is 0 Å². The zero-order chi connectivity index (χ0) is 15.2. The molecule has 6 nitrogen and oxygen atoms in total. The van der Waals surface area contributed by atoms with E-state index in [1.165, 1.54) is 0 Å². The van der Waals surface area contributed by atoms with Crippen LogP contribution in [0.25, 0.3) is 0 Å². The van der Waals surface area contributed by atoms with E-state index in [2.05, 4.69) is 15.7 Å². The summed E-state index contributed by atoms with van der Waals surface area (Å²) >= 11 is 5.78. The summed E-state index contributed by atoms with van der Waals surface area (Å²) in [5, 5.41) is 19.9. The Kier molecular flexibility index (Phi) is 5.19. The summed E-state index contributed by atoms with van der Waals surface area (Å²) in [6.07, 6.45) is 0.892. The van der Waals surface area contributed by atoms with Gasteiger partial charge in [0.15, 0.2) is 0 Å². The lowest BCUT2D eigenvalue weighted by molar-refractivity contribution is 0.173. The lowest BCUT2D eigenvalue weighted by Crippen LogP contribution is -2.37. The molecular weight excluding hydrogens is 292 g/mol. The molecule has 112 valence electrons. The molecule has 0 fully saturated rings. The molecule has 2 amide bonds. The normalized spacial score (nSPS) is 12.0. The third-order valence-electron chi connectivity index (χ3n) is 3.06. The molecule has 1 heterocycles. The molecule has 0 saturated carbocycles. The molecule has 0 bridgehead atoms. The molecule has 1 unspecified atom stereocenters. The number of nitrogens with zero attached hydrogens (tertiary/aromatic N) is 2. The second-order valence-corrected chi connectivity index (χ2v) is 5.01. The Morgan fingerprint density at radius 2 is 2.05 bits per heavy atom. The Hall–Kier alpha value is -2.05. The molecule has 0 aliphatic carbocycles. The van der Waals surface area contributed by atoms with Crippen molar-refractivity contribution >= 4 is 17.6 Å². The predicted octanol–water partition coefficient (Wildman–Crippen LogP) is 1.61. The van der Waals surface area contributed by atoms with E-state index < -0.39 is 6.10 Å². The zero-order valence-electron chi connectivity index (χ0n) is 11.6. The first kappa shape index (κ1) is 15.3. The number of nitrogens with one attached hydrogen (secondary N) is 2. The molecule has 2 rings (SSSR count). The average Bonchev–Trinajstić information content (AvgIpc) is 2.88. The van der Waals surface area contributed by atoms with E-state index in [9.17, 15) is 9.90 Å². The summed E-state index contributed by atoms with van der Waals surface area (Å²) in [6.45, 7) is 0.498. The first-order valence-corrected chi connectivity index (χ1v) is 6.86. The number of rotatable bonds is 5. The van der Waals surface area contributed by atoms with Gasteiger partial charge in [0.1, 0.15) is 0 Å². The van der Waals surface area contributed by atoms with Crippen LogP contribution in [0.5, 0.6) is 0 Å². The second-order valence-electron chi connectivity index (χ2n) is 4.58. The van der Waals surface area contributed by atoms with E-state index in [4.69, 9.17) is 11.6 Å². The number of halogens is 1. The Morgan fingerprint density at radius 1 is 1.33 bits per heavy atom. The molecule has 0 aliphatic rings. The van der Waals surface area contributed by atoms with Gasteiger partial charge in [0.25, 0.3) is 0 Å². The molecule has 1 aromatic carbocycles. The van der Waals surface area contributed by atoms with Crippen LogP contribution < -0.4 is 10.6 Å². The van der Waals surface area contributed by atoms with Gasteiger partial charge in [0, 0.05) is 24.8 Å². The van der Waals surface area contributed by atoms with Crippen molar-refractivity contribution in [1.29, 1.82) is 0 Å². The number of aromatic nitrogens is 2. The number of carbonyl (C=O) groups is 1. The molecule has 0 aliphatic heterocycles. The summed E-state index contributed by atoms with van der Waals surface area (Å²) in [5.74, 6) is 0. The summed E-state index contributed by atoms with van der Waals surface area (Å²) in [4.78, 5) is 11.7. The average molecular weight is 309 g/mol. The number of aliphatic hydroxyl groups is 1. The third kappa shape index (κ3) is 4.47. The second kappa shape index (κ2) is 7.10. The Labute approximate surface area is 127 Å². The minimum atomic E-state index is -0.773. The highest BCUT2D eigenvalue weighted by Crippen LogP contribution is 2.15. The topological polar surface area (TPSA) is 79.2 Å². The van der Waals surface area contributed by atoms with Crippen molar-refractivity contribution in [1.82, 2.24) is 20.4 Å². The van der Waals surface area contributed by atoms with Crippen molar-refractivity contribution in [3.05, 3.63) is 52.8 Å². The van der Waals surface area contributed by atoms with E-state index in [0.717, 1.165) is 5.69 Å². The maximum absolute atomic E-state index is 11.7. The summed E-state index contributed by atoms with van der Waals surface area (Å²) in [5.41, 5.74) is 1.59. The van der Waals surface area contributed by atoms with Crippen LogP contribution in [0.1, 0.15) is 17.4 Å². The highest BCUT2D eigenvalue weighted by Gasteiger charge is 2.09. The van der Waals surface area contributed by atoms with E-state index in [1.807, 2.05) is 6.07 Å². The highest BCUT2D eigenvalue weighted by atomic mass is 35.5. The SMILES string of the molecule is Cn1nccc1CNC(=O)NCC(O)c1ccc(Cl)cc1. The van der Waals surface area contributed by atoms with Crippen LogP contribution in [0.15, 0.2) is 36.5 Å². The van der Waals surface area contributed by atoms with Crippen molar-refractivity contribution < 1.29 is 9.90 Å². The van der Waals surface area contributed by atoms with Gasteiger partial charge in [-0.1, -0.05) is 23.7 Å². The van der Waals surface area contributed by atoms with Crippen LogP contribution in [0.2, 0.25) is 5.02 Å². The quantitative estimate of drug-likeness (QED) is 0.785. The Morgan fingerprint density at radius 3 is 2.67 bits per heavy atom. The Bertz CT molecular complexity index is 597. The van der Waals surface area contributed by atoms with Crippen LogP contribution in [0, 0.1) is 0 Å². The van der Waals surface area contributed by atoms with Crippen molar-refractivity contribution in [2.75, 3.05) is 6.54 Å². The number of urea groups is 1. The van der Waals surface area contributed by atoms with Gasteiger partial charge in [-0.15, -0.1) is 0 Å². The van der Waals surface area contributed by atoms with Gasteiger partial charge in [-0.05, 0) is 23.8 Å². The van der Waals surface area contributed by atoms with Gasteiger partial charge in [0.05, 0.1) is 18.3 Å². The molecule has 0 radical (unpaired) electrons. The Balaban J connectivity index is 1.76. The van der Waals surface area contributed by atoms with Gasteiger partial charge in [-0.25, -0.2) is 4.79 Å². The molecule has 1 atom stereocenters. The molecule has 21 heavy (non-hydrogen) atoms. The van der Waals surface area contributed by atoms with Crippen molar-refractivity contribution in [2.24, 2.45) is 7.05 Å². The van der Waals surface area contributed by atoms with Gasteiger partial charge in [0.2, 0.25) is 0 Å². The first-order chi connectivity index (χ1) is 10.1. The van der Waals surface area contributed by atoms with Gasteiger partial charge in [-0.3, -0.25) is 4.68 Å². The zero-order valence-corrected chi connectivity index (χ0v) is 12.3. The standard InChI is InChI=1S/C14H17ClN4O2/c1-19-12(6-7-18-19)8-16-14(21)17-9-13(20)10-2-4-11(15)5-3-10/h2-7,13,20H,8-9H2,1H3,(H2,16,17,21). The van der Waals surface area contributed by atoms with Crippen molar-refractivity contribution in [3.63, 3.8) is 0 Å². The molecule has 2 aromatic rings. The monoisotopic (exact) mass is 308 g/mol. The predicted molar refractivity (Wildman–Crippen MR) is 79.9 cm³/mol. The van der Waals surface area contributed by atoms with Crippen molar-refractivity contribution in [2.45, 2.75) is 12.6 Å². The van der Waals surface area contributed by atoms with Crippen LogP contribution >= 0.6 is 11.6 Å². The number of benzene rings is 1. The van der Waals surface area contributed by atoms with Gasteiger partial charge in [-0.2, -0.15) is 5.10 Å². The number of hydrogen-bond donors (Lipinski definition) is 3. The lowest BCUT2D eigenvalue weighted by atomic mass is 10.1. The summed E-state index contributed by atoms with van der Waals surface area (Å²) < 4.78 is 1.68. The number of carbonyl (C=O) groups excluding carboxylic acids is 1. The smallest absolute Gasteiger partial charge is 0.315 e. The maximum Gasteiger partial charge on any atom is 0.315 e. The molecule has 0 spiro atoms. The number of amides is 2. The molecule has 0 saturated heterocycles. The van der Waals surface area contributed by atoms with Crippen LogP contribution in [0.4, 0.5) is 4.79 Å². The van der Waals surface area contributed by atoms with E-state index in [1.54, 1.807) is 42.2 Å². The van der Waals surface area contributed by atoms with E-state index in [-0.39, 0.29) is 12.6 Å². The van der Waals surface area contributed by atoms with Crippen LogP contribution in [-0.2, 0) is 13.6 Å². The fourth-order valence-corrected chi connectivity index (χ4v) is 1.93. The number of aliphatic hydroxyl groups excluding tert-OH is 1. The summed E-state index contributed by atoms with van der Waals surface area (Å²) in [6, 6.07) is 8.32. The number of hydrogen-bond acceptors (Lipinski definition) is 3. The van der Waals surface area contributed by atoms with Crippen LogP contribution in [0.3, 0.4) is 0 Å². The fourth-order valence-electron chi connectivity index (χ4n) is 1.80. The lowest BCUT2D eigenvalue weighted by Gasteiger charge is -2.13. The molecule has 7 heteroatoms. The highest BCUT2D eigenvalue weighted by molar-refractivity contribution is 6.30. The van der Waals surface area contributed by atoms with Gasteiger partial charge >= 0.3 is 6.03 Å². The van der Waals surface area contributed by atoms with Crippen LogP contribution in [-0.4, -0.2) is 27.5 Å². The minimum Gasteiger partial charge on any atom is -0.387 e. The number of aryl methyl sites for hydroxylation is 1. The molecule has 3 N–H and O–H groups in total. The van der Waals surface area contributed by atoms with E-state index >= 15 is 0 Å². The molecular formula is C14H17ClN4O2. The largest absolute Gasteiger partial charge is 0.387 e. The fraction of sp³-hybridized carbons (Fsp3) is 0.286. The third-order valence-corrected chi connectivity index (χ3v) is 3.32. The first-order valence-electron chi connectivity index (χ1n) is 6.48. The van der Waals surface area contributed by atoms with E-state index in [0.29, 0.717) is 17.1 Å². The van der Waals surface area contributed by atoms with Gasteiger partial charge < -0.3 is 15.7 Å².